The van der Waals surface area contributed by atoms with Crippen LogP contribution in [0.2, 0.25) is 0 Å². The molecule has 4 aromatic rings. The number of benzene rings is 2. The molecule has 0 spiro atoms. The molecule has 0 radical (unpaired) electrons. The van der Waals surface area contributed by atoms with Crippen LogP contribution in [-0.4, -0.2) is 78.3 Å². The molecule has 13 heteroatoms. The average Bonchev–Trinajstić information content (AvgIpc) is 3.82. The fourth-order valence-electron chi connectivity index (χ4n) is 5.25. The van der Waals surface area contributed by atoms with E-state index >= 15 is 0 Å². The first-order valence-corrected chi connectivity index (χ1v) is 15.3. The number of nitrogens with zero attached hydrogens (tertiary/aromatic N) is 3. The highest BCUT2D eigenvalue weighted by atomic mass is 16.4. The number of furan rings is 1. The van der Waals surface area contributed by atoms with Gasteiger partial charge in [0.05, 0.1) is 16.9 Å². The van der Waals surface area contributed by atoms with Crippen LogP contribution in [0.3, 0.4) is 0 Å². The fraction of sp³-hybridized carbons (Fsp3) is 0.375. The minimum Gasteiger partial charge on any atom is -0.505 e. The number of phenols is 1. The number of rotatable bonds is 5. The summed E-state index contributed by atoms with van der Waals surface area (Å²) in [4.78, 5) is 24.1. The minimum absolute atomic E-state index is 0.116. The zero-order valence-electron chi connectivity index (χ0n) is 25.4. The Morgan fingerprint density at radius 2 is 1.49 bits per heavy atom. The van der Waals surface area contributed by atoms with Crippen LogP contribution in [0, 0.1) is 6.92 Å². The zero-order valence-corrected chi connectivity index (χ0v) is 25.4. The molecule has 0 unspecified atom stereocenters. The first-order chi connectivity index (χ1) is 21.9. The molecule has 0 atom stereocenters. The number of nitrogens with one attached hydrogen (secondary N) is 5. The number of aromatic carboxylic acids is 1. The molecule has 1 aliphatic carbocycles. The standard InChI is InChI=1S/C24H20N4O5.2C4H10N2/c1-13-21(23(30)28(27-13)16-9-8-14-4-2-5-15(14)12-16)26-25-18-7-3-6-17(22(18)29)19-10-11-20(33-19)24(31)32;2*1-2-6-4-3-5-1/h3,6-12,27,29H,2,4-5H2,1H3,(H,31,32);2*5-6H,1-4H2. The Morgan fingerprint density at radius 3 is 2.09 bits per heavy atom. The normalized spacial score (nSPS) is 15.9. The molecule has 7 rings (SSSR count). The predicted molar refractivity (Wildman–Crippen MR) is 172 cm³/mol. The van der Waals surface area contributed by atoms with Crippen LogP contribution in [-0.2, 0) is 12.8 Å². The Hall–Kier alpha value is -4.56. The number of aromatic nitrogens is 2. The van der Waals surface area contributed by atoms with Gasteiger partial charge in [0.15, 0.2) is 11.4 Å². The van der Waals surface area contributed by atoms with Gasteiger partial charge in [-0.15, -0.1) is 10.2 Å². The Balaban J connectivity index is 0.000000277. The van der Waals surface area contributed by atoms with Gasteiger partial charge < -0.3 is 35.9 Å². The van der Waals surface area contributed by atoms with Crippen LogP contribution in [0.4, 0.5) is 11.4 Å². The van der Waals surface area contributed by atoms with Gasteiger partial charge in [0, 0.05) is 52.4 Å². The van der Waals surface area contributed by atoms with E-state index in [4.69, 9.17) is 9.52 Å². The summed E-state index contributed by atoms with van der Waals surface area (Å²) in [6.07, 6.45) is 3.18. The average molecular weight is 617 g/mol. The molecule has 238 valence electrons. The monoisotopic (exact) mass is 616 g/mol. The number of aromatic amines is 1. The summed E-state index contributed by atoms with van der Waals surface area (Å²) in [6, 6.07) is 13.5. The van der Waals surface area contributed by atoms with Crippen LogP contribution in [0.5, 0.6) is 5.75 Å². The Labute approximate surface area is 260 Å². The number of H-pyrrole nitrogens is 1. The maximum Gasteiger partial charge on any atom is 0.371 e. The third-order valence-electron chi connectivity index (χ3n) is 7.65. The van der Waals surface area contributed by atoms with Crippen molar-refractivity contribution in [1.82, 2.24) is 31.0 Å². The molecular weight excluding hydrogens is 576 g/mol. The van der Waals surface area contributed by atoms with Gasteiger partial charge in [-0.3, -0.25) is 9.89 Å². The second-order valence-electron chi connectivity index (χ2n) is 10.9. The number of phenolic OH excluding ortho intramolecular Hbond substituents is 1. The maximum atomic E-state index is 13.0. The highest BCUT2D eigenvalue weighted by Gasteiger charge is 2.18. The predicted octanol–water partition coefficient (Wildman–Crippen LogP) is 3.40. The molecule has 0 saturated carbocycles. The van der Waals surface area contributed by atoms with Crippen molar-refractivity contribution in [3.63, 3.8) is 0 Å². The van der Waals surface area contributed by atoms with Gasteiger partial charge in [0.1, 0.15) is 11.4 Å². The van der Waals surface area contributed by atoms with Gasteiger partial charge in [-0.25, -0.2) is 9.48 Å². The lowest BCUT2D eigenvalue weighted by Gasteiger charge is -2.11. The third kappa shape index (κ3) is 8.13. The molecule has 0 amide bonds. The number of carbonyl (C=O) groups is 1. The lowest BCUT2D eigenvalue weighted by Crippen LogP contribution is -2.39. The molecule has 3 aliphatic rings. The quantitative estimate of drug-likeness (QED) is 0.165. The zero-order chi connectivity index (χ0) is 31.6. The molecule has 13 nitrogen and oxygen atoms in total. The van der Waals surface area contributed by atoms with Crippen molar-refractivity contribution in [1.29, 1.82) is 0 Å². The largest absolute Gasteiger partial charge is 0.505 e. The number of hydrogen-bond acceptors (Lipinski definition) is 10. The van der Waals surface area contributed by atoms with E-state index in [1.807, 2.05) is 12.1 Å². The van der Waals surface area contributed by atoms with Gasteiger partial charge in [-0.2, -0.15) is 0 Å². The van der Waals surface area contributed by atoms with E-state index in [0.29, 0.717) is 5.69 Å². The molecule has 7 N–H and O–H groups in total. The van der Waals surface area contributed by atoms with Crippen molar-refractivity contribution >= 4 is 17.3 Å². The van der Waals surface area contributed by atoms with E-state index in [9.17, 15) is 14.7 Å². The Morgan fingerprint density at radius 1 is 0.844 bits per heavy atom. The van der Waals surface area contributed by atoms with Crippen molar-refractivity contribution in [2.45, 2.75) is 26.2 Å². The summed E-state index contributed by atoms with van der Waals surface area (Å²) in [5.74, 6) is -1.51. The molecule has 2 saturated heterocycles. The summed E-state index contributed by atoms with van der Waals surface area (Å²) in [5.41, 5.74) is 4.01. The Bertz CT molecular complexity index is 1650. The highest BCUT2D eigenvalue weighted by Crippen LogP contribution is 2.38. The van der Waals surface area contributed by atoms with Crippen LogP contribution in [0.1, 0.15) is 33.8 Å². The van der Waals surface area contributed by atoms with Crippen molar-refractivity contribution in [3.8, 4) is 22.8 Å². The summed E-state index contributed by atoms with van der Waals surface area (Å²) in [5, 5.41) is 43.8. The smallest absolute Gasteiger partial charge is 0.371 e. The number of hydrogen-bond donors (Lipinski definition) is 7. The first-order valence-electron chi connectivity index (χ1n) is 15.3. The molecule has 4 heterocycles. The number of fused-ring (bicyclic) bond motifs is 1. The number of para-hydroxylation sites is 1. The van der Waals surface area contributed by atoms with E-state index < -0.39 is 5.97 Å². The number of aromatic hydroxyl groups is 1. The van der Waals surface area contributed by atoms with Gasteiger partial charge in [-0.05, 0) is 73.7 Å². The van der Waals surface area contributed by atoms with Crippen molar-refractivity contribution < 1.29 is 19.4 Å². The summed E-state index contributed by atoms with van der Waals surface area (Å²) >= 11 is 0. The van der Waals surface area contributed by atoms with Crippen molar-refractivity contribution in [2.75, 3.05) is 52.4 Å². The SMILES string of the molecule is C1CNCCN1.C1CNCCN1.Cc1[nH]n(-c2ccc3c(c2)CCC3)c(=O)c1N=Nc1cccc(-c2ccc(C(=O)O)o2)c1O. The number of carboxylic acid groups (broad SMARTS) is 1. The van der Waals surface area contributed by atoms with Gasteiger partial charge >= 0.3 is 5.97 Å². The van der Waals surface area contributed by atoms with E-state index in [1.165, 1.54) is 34.0 Å². The van der Waals surface area contributed by atoms with Crippen molar-refractivity contribution in [3.05, 3.63) is 81.5 Å². The molecule has 2 fully saturated rings. The van der Waals surface area contributed by atoms with E-state index in [1.54, 1.807) is 19.1 Å². The minimum atomic E-state index is -1.21. The number of azo groups is 1. The molecule has 2 aliphatic heterocycles. The molecule has 2 aromatic carbocycles. The second kappa shape index (κ2) is 15.4. The first kappa shape index (κ1) is 31.9. The van der Waals surface area contributed by atoms with Crippen molar-refractivity contribution in [2.24, 2.45) is 10.2 Å². The van der Waals surface area contributed by atoms with Gasteiger partial charge in [-0.1, -0.05) is 12.1 Å². The van der Waals surface area contributed by atoms with Crippen LogP contribution < -0.4 is 26.8 Å². The van der Waals surface area contributed by atoms with Gasteiger partial charge in [0.25, 0.3) is 5.56 Å². The second-order valence-corrected chi connectivity index (χ2v) is 10.9. The molecule has 45 heavy (non-hydrogen) atoms. The van der Waals surface area contributed by atoms with E-state index in [2.05, 4.69) is 42.7 Å². The number of piperazine rings is 2. The van der Waals surface area contributed by atoms with Crippen LogP contribution in [0.15, 0.2) is 68.0 Å². The fourth-order valence-corrected chi connectivity index (χ4v) is 5.25. The lowest BCUT2D eigenvalue weighted by molar-refractivity contribution is 0.0663. The number of carboxylic acids is 1. The number of aryl methyl sites for hydroxylation is 3. The Kier molecular flexibility index (Phi) is 10.9. The van der Waals surface area contributed by atoms with E-state index in [-0.39, 0.29) is 39.8 Å². The summed E-state index contributed by atoms with van der Waals surface area (Å²) in [7, 11) is 0. The molecular formula is C32H40N8O5. The van der Waals surface area contributed by atoms with Crippen LogP contribution in [0.25, 0.3) is 17.0 Å². The molecule has 0 bridgehead atoms. The topological polar surface area (TPSA) is 181 Å². The van der Waals surface area contributed by atoms with E-state index in [0.717, 1.165) is 77.3 Å². The lowest BCUT2D eigenvalue weighted by atomic mass is 10.1. The maximum absolute atomic E-state index is 13.0. The highest BCUT2D eigenvalue weighted by molar-refractivity contribution is 5.85. The molecule has 2 aromatic heterocycles. The summed E-state index contributed by atoms with van der Waals surface area (Å²) < 4.78 is 6.70. The van der Waals surface area contributed by atoms with Crippen LogP contribution >= 0.6 is 0 Å². The third-order valence-corrected chi connectivity index (χ3v) is 7.65. The summed E-state index contributed by atoms with van der Waals surface area (Å²) in [6.45, 7) is 10.8. The van der Waals surface area contributed by atoms with Gasteiger partial charge in [0.2, 0.25) is 5.76 Å².